The van der Waals surface area contributed by atoms with Gasteiger partial charge in [0.1, 0.15) is 0 Å². The number of hydrogen-bond acceptors (Lipinski definition) is 2. The van der Waals surface area contributed by atoms with Crippen LogP contribution in [0.5, 0.6) is 0 Å². The molecule has 0 saturated heterocycles. The zero-order valence-electron chi connectivity index (χ0n) is 12.5. The van der Waals surface area contributed by atoms with Gasteiger partial charge in [0, 0.05) is 14.2 Å². The third-order valence-corrected chi connectivity index (χ3v) is 6.05. The van der Waals surface area contributed by atoms with E-state index in [-0.39, 0.29) is 11.9 Å². The summed E-state index contributed by atoms with van der Waals surface area (Å²) in [7, 11) is 3.20. The molecule has 0 radical (unpaired) electrons. The minimum atomic E-state index is -0.315. The summed E-state index contributed by atoms with van der Waals surface area (Å²) in [5.41, 5.74) is 0. The summed E-state index contributed by atoms with van der Waals surface area (Å²) >= 11 is 7.21. The summed E-state index contributed by atoms with van der Waals surface area (Å²) in [5, 5.41) is 0. The van der Waals surface area contributed by atoms with Crippen molar-refractivity contribution in [3.05, 3.63) is 0 Å². The van der Waals surface area contributed by atoms with Gasteiger partial charge in [-0.3, -0.25) is 0 Å². The molecule has 2 rings (SSSR count). The van der Waals surface area contributed by atoms with Crippen molar-refractivity contribution in [3.8, 4) is 0 Å². The quantitative estimate of drug-likeness (QED) is 0.549. The predicted octanol–water partition coefficient (Wildman–Crippen LogP) is 4.44. The van der Waals surface area contributed by atoms with Crippen LogP contribution in [-0.2, 0) is 9.31 Å². The molecule has 0 aromatic heterocycles. The summed E-state index contributed by atoms with van der Waals surface area (Å²) in [4.78, 5) is 0. The summed E-state index contributed by atoms with van der Waals surface area (Å²) in [5.74, 6) is 1.10. The molecule has 2 aliphatic carbocycles. The zero-order chi connectivity index (χ0) is 13.7. The van der Waals surface area contributed by atoms with Crippen LogP contribution in [-0.4, -0.2) is 26.1 Å². The van der Waals surface area contributed by atoms with Crippen LogP contribution in [0.25, 0.3) is 0 Å². The fraction of sp³-hybridized carbons (Fsp3) is 1.00. The topological polar surface area (TPSA) is 18.5 Å². The van der Waals surface area contributed by atoms with Crippen LogP contribution >= 0.6 is 11.6 Å². The van der Waals surface area contributed by atoms with Crippen LogP contribution in [0.1, 0.15) is 64.2 Å². The third-order valence-electron chi connectivity index (χ3n) is 5.25. The lowest BCUT2D eigenvalue weighted by molar-refractivity contribution is 0.162. The van der Waals surface area contributed by atoms with Crippen LogP contribution in [0.3, 0.4) is 0 Å². The van der Waals surface area contributed by atoms with E-state index in [0.29, 0.717) is 11.8 Å². The van der Waals surface area contributed by atoms with Gasteiger partial charge in [0.15, 0.2) is 0 Å². The molecule has 0 unspecified atom stereocenters. The van der Waals surface area contributed by atoms with E-state index in [1.165, 1.54) is 64.2 Å². The predicted molar refractivity (Wildman–Crippen MR) is 81.5 cm³/mol. The summed E-state index contributed by atoms with van der Waals surface area (Å²) in [6, 6.07) is 0. The van der Waals surface area contributed by atoms with Crippen molar-refractivity contribution < 1.29 is 9.31 Å². The minimum absolute atomic E-state index is 0.264. The molecule has 2 saturated carbocycles. The van der Waals surface area contributed by atoms with Gasteiger partial charge < -0.3 is 9.31 Å². The van der Waals surface area contributed by atoms with Gasteiger partial charge in [-0.1, -0.05) is 38.5 Å². The molecule has 2 aliphatic rings. The van der Waals surface area contributed by atoms with E-state index >= 15 is 0 Å². The molecule has 0 aromatic carbocycles. The lowest BCUT2D eigenvalue weighted by Crippen LogP contribution is -2.56. The lowest BCUT2D eigenvalue weighted by atomic mass is 9.53. The van der Waals surface area contributed by atoms with Gasteiger partial charge in [0.25, 0.3) is 0 Å². The van der Waals surface area contributed by atoms with Crippen LogP contribution in [0, 0.1) is 11.8 Å². The van der Waals surface area contributed by atoms with E-state index in [1.54, 1.807) is 14.2 Å². The molecule has 2 fully saturated rings. The Morgan fingerprint density at radius 3 is 1.47 bits per heavy atom. The maximum absolute atomic E-state index is 7.21. The van der Waals surface area contributed by atoms with Crippen LogP contribution < -0.4 is 0 Å². The highest BCUT2D eigenvalue weighted by atomic mass is 35.5. The molecule has 2 nitrogen and oxygen atoms in total. The average Bonchev–Trinajstić information content (AvgIpc) is 2.50. The molecule has 0 atom stereocenters. The molecule has 0 heterocycles. The Balaban J connectivity index is 2.18. The summed E-state index contributed by atoms with van der Waals surface area (Å²) in [6.45, 7) is 0. The maximum atomic E-state index is 7.21. The van der Waals surface area contributed by atoms with Crippen LogP contribution in [0.2, 0.25) is 0 Å². The Hall–Kier alpha value is 0.275. The van der Waals surface area contributed by atoms with Gasteiger partial charge in [0.2, 0.25) is 0 Å². The highest BCUT2D eigenvalue weighted by Gasteiger charge is 2.54. The van der Waals surface area contributed by atoms with E-state index in [2.05, 4.69) is 0 Å². The van der Waals surface area contributed by atoms with E-state index in [0.717, 1.165) is 0 Å². The maximum Gasteiger partial charge on any atom is 0.479 e. The Labute approximate surface area is 123 Å². The standard InChI is InChI=1S/C15H28BClO2/c1-18-16(19-2)15(17,13-9-5-3-6-10-13)14-11-7-4-8-12-14/h13-14H,3-12H2,1-2H3. The van der Waals surface area contributed by atoms with Crippen molar-refractivity contribution in [2.24, 2.45) is 11.8 Å². The first-order valence-electron chi connectivity index (χ1n) is 7.98. The van der Waals surface area contributed by atoms with Gasteiger partial charge >= 0.3 is 7.12 Å². The second-order valence-electron chi connectivity index (χ2n) is 6.30. The SMILES string of the molecule is COB(OC)C(Cl)(C1CCCCC1)C1CCCCC1. The Bertz CT molecular complexity index is 241. The number of rotatable bonds is 5. The fourth-order valence-corrected chi connectivity index (χ4v) is 4.88. The lowest BCUT2D eigenvalue weighted by Gasteiger charge is -2.46. The molecular weight excluding hydrogens is 258 g/mol. The largest absolute Gasteiger partial charge is 0.479 e. The highest BCUT2D eigenvalue weighted by molar-refractivity contribution is 6.62. The van der Waals surface area contributed by atoms with E-state index in [9.17, 15) is 0 Å². The number of hydrogen-bond donors (Lipinski definition) is 0. The average molecular weight is 287 g/mol. The third kappa shape index (κ3) is 3.30. The van der Waals surface area contributed by atoms with Gasteiger partial charge in [-0.05, 0) is 37.5 Å². The van der Waals surface area contributed by atoms with Crippen molar-refractivity contribution in [3.63, 3.8) is 0 Å². The van der Waals surface area contributed by atoms with Crippen molar-refractivity contribution in [1.82, 2.24) is 0 Å². The molecule has 0 aromatic rings. The van der Waals surface area contributed by atoms with E-state index in [4.69, 9.17) is 20.9 Å². The summed E-state index contributed by atoms with van der Waals surface area (Å²) < 4.78 is 10.9. The normalized spacial score (nSPS) is 23.5. The van der Waals surface area contributed by atoms with Gasteiger partial charge in [-0.15, -0.1) is 11.6 Å². The van der Waals surface area contributed by atoms with E-state index in [1.807, 2.05) is 0 Å². The number of alkyl halides is 1. The molecule has 110 valence electrons. The Kier molecular flexibility index (Phi) is 6.04. The summed E-state index contributed by atoms with van der Waals surface area (Å²) in [6.07, 6.45) is 12.9. The molecule has 0 amide bonds. The van der Waals surface area contributed by atoms with Crippen LogP contribution in [0.15, 0.2) is 0 Å². The molecule has 4 heteroatoms. The Morgan fingerprint density at radius 1 is 0.789 bits per heavy atom. The second-order valence-corrected chi connectivity index (χ2v) is 6.96. The molecule has 0 spiro atoms. The van der Waals surface area contributed by atoms with Gasteiger partial charge in [-0.2, -0.15) is 0 Å². The van der Waals surface area contributed by atoms with Gasteiger partial charge in [-0.25, -0.2) is 0 Å². The van der Waals surface area contributed by atoms with E-state index < -0.39 is 0 Å². The molecule has 0 aliphatic heterocycles. The van der Waals surface area contributed by atoms with Crippen molar-refractivity contribution in [1.29, 1.82) is 0 Å². The second kappa shape index (κ2) is 7.33. The number of halogens is 1. The molecule has 19 heavy (non-hydrogen) atoms. The first-order valence-corrected chi connectivity index (χ1v) is 8.35. The monoisotopic (exact) mass is 286 g/mol. The molecule has 0 N–H and O–H groups in total. The van der Waals surface area contributed by atoms with Crippen molar-refractivity contribution in [2.45, 2.75) is 69.0 Å². The van der Waals surface area contributed by atoms with Gasteiger partial charge in [0.05, 0.1) is 4.77 Å². The van der Waals surface area contributed by atoms with Crippen LogP contribution in [0.4, 0.5) is 0 Å². The smallest absolute Gasteiger partial charge is 0.413 e. The molecule has 0 bridgehead atoms. The zero-order valence-corrected chi connectivity index (χ0v) is 13.3. The van der Waals surface area contributed by atoms with Crippen molar-refractivity contribution >= 4 is 18.7 Å². The first-order chi connectivity index (χ1) is 9.23. The highest BCUT2D eigenvalue weighted by Crippen LogP contribution is 2.48. The fourth-order valence-electron chi connectivity index (χ4n) is 4.27. The minimum Gasteiger partial charge on any atom is -0.413 e. The van der Waals surface area contributed by atoms with Crippen molar-refractivity contribution in [2.75, 3.05) is 14.2 Å². The molecular formula is C15H28BClO2. The Morgan fingerprint density at radius 2 is 1.16 bits per heavy atom. The first kappa shape index (κ1) is 15.7.